The van der Waals surface area contributed by atoms with Crippen LogP contribution in [0.15, 0.2) is 0 Å². The van der Waals surface area contributed by atoms with Gasteiger partial charge in [-0.05, 0) is 57.0 Å². The van der Waals surface area contributed by atoms with Crippen LogP contribution in [0.25, 0.3) is 0 Å². The van der Waals surface area contributed by atoms with Gasteiger partial charge >= 0.3 is 0 Å². The van der Waals surface area contributed by atoms with E-state index in [4.69, 9.17) is 4.74 Å². The highest BCUT2D eigenvalue weighted by molar-refractivity contribution is 4.73. The van der Waals surface area contributed by atoms with Gasteiger partial charge in [0.25, 0.3) is 0 Å². The van der Waals surface area contributed by atoms with E-state index in [1.54, 1.807) is 0 Å². The second-order valence-electron chi connectivity index (χ2n) is 5.67. The molecule has 0 aromatic heterocycles. The van der Waals surface area contributed by atoms with E-state index in [1.807, 2.05) is 0 Å². The van der Waals surface area contributed by atoms with Crippen LogP contribution in [0.5, 0.6) is 0 Å². The Morgan fingerprint density at radius 2 is 2.00 bits per heavy atom. The minimum Gasteiger partial charge on any atom is -0.378 e. The first-order valence-electron chi connectivity index (χ1n) is 7.18. The maximum Gasteiger partial charge on any atom is 0.0600 e. The van der Waals surface area contributed by atoms with Gasteiger partial charge in [0.05, 0.1) is 6.10 Å². The molecule has 1 aliphatic heterocycles. The molecule has 0 amide bonds. The normalized spacial score (nSPS) is 36.2. The highest BCUT2D eigenvalue weighted by atomic mass is 16.5. The van der Waals surface area contributed by atoms with E-state index in [-0.39, 0.29) is 0 Å². The topological polar surface area (TPSA) is 21.3 Å². The fourth-order valence-corrected chi connectivity index (χ4v) is 3.09. The fourth-order valence-electron chi connectivity index (χ4n) is 3.09. The summed E-state index contributed by atoms with van der Waals surface area (Å²) in [6.45, 7) is 5.77. The Labute approximate surface area is 100 Å². The maximum absolute atomic E-state index is 6.07. The number of piperidine rings is 1. The molecule has 2 heteroatoms. The summed E-state index contributed by atoms with van der Waals surface area (Å²) >= 11 is 0. The first-order valence-corrected chi connectivity index (χ1v) is 7.18. The van der Waals surface area contributed by atoms with E-state index in [0.29, 0.717) is 6.10 Å². The summed E-state index contributed by atoms with van der Waals surface area (Å²) in [7, 11) is 0. The third-order valence-corrected chi connectivity index (χ3v) is 4.29. The van der Waals surface area contributed by atoms with Crippen molar-refractivity contribution >= 4 is 0 Å². The summed E-state index contributed by atoms with van der Waals surface area (Å²) in [6, 6.07) is 0. The molecule has 2 nitrogen and oxygen atoms in total. The van der Waals surface area contributed by atoms with Crippen LogP contribution in [-0.2, 0) is 4.74 Å². The quantitative estimate of drug-likeness (QED) is 0.794. The van der Waals surface area contributed by atoms with Crippen LogP contribution in [-0.4, -0.2) is 25.8 Å². The molecule has 0 spiro atoms. The molecule has 1 aliphatic carbocycles. The average molecular weight is 225 g/mol. The Morgan fingerprint density at radius 1 is 1.12 bits per heavy atom. The average Bonchev–Trinajstić information content (AvgIpc) is 2.33. The van der Waals surface area contributed by atoms with Crippen molar-refractivity contribution in [2.24, 2.45) is 11.8 Å². The SMILES string of the molecule is CC1CCCCC1OCCC1CCCNC1. The lowest BCUT2D eigenvalue weighted by atomic mass is 9.88. The molecular formula is C14H27NO. The van der Waals surface area contributed by atoms with E-state index < -0.39 is 0 Å². The Hall–Kier alpha value is -0.0800. The zero-order valence-electron chi connectivity index (χ0n) is 10.7. The van der Waals surface area contributed by atoms with E-state index >= 15 is 0 Å². The standard InChI is InChI=1S/C14H27NO/c1-12-5-2-3-7-14(12)16-10-8-13-6-4-9-15-11-13/h12-15H,2-11H2,1H3. The Kier molecular flexibility index (Phi) is 5.11. The number of rotatable bonds is 4. The third-order valence-electron chi connectivity index (χ3n) is 4.29. The predicted octanol–water partition coefficient (Wildman–Crippen LogP) is 2.97. The summed E-state index contributed by atoms with van der Waals surface area (Å²) in [5, 5.41) is 3.48. The third kappa shape index (κ3) is 3.74. The van der Waals surface area contributed by atoms with Crippen LogP contribution in [0, 0.1) is 11.8 Å². The zero-order chi connectivity index (χ0) is 11.2. The number of nitrogens with one attached hydrogen (secondary N) is 1. The van der Waals surface area contributed by atoms with Crippen molar-refractivity contribution in [1.29, 1.82) is 0 Å². The van der Waals surface area contributed by atoms with Gasteiger partial charge in [0.2, 0.25) is 0 Å². The van der Waals surface area contributed by atoms with Gasteiger partial charge in [0, 0.05) is 6.61 Å². The van der Waals surface area contributed by atoms with Gasteiger partial charge in [-0.15, -0.1) is 0 Å². The lowest BCUT2D eigenvalue weighted by Gasteiger charge is -2.30. The van der Waals surface area contributed by atoms with E-state index in [0.717, 1.165) is 18.4 Å². The van der Waals surface area contributed by atoms with Crippen LogP contribution in [0.1, 0.15) is 51.9 Å². The van der Waals surface area contributed by atoms with Crippen LogP contribution in [0.2, 0.25) is 0 Å². The van der Waals surface area contributed by atoms with Crippen molar-refractivity contribution in [3.63, 3.8) is 0 Å². The second-order valence-corrected chi connectivity index (χ2v) is 5.67. The molecule has 1 saturated carbocycles. The lowest BCUT2D eigenvalue weighted by Crippen LogP contribution is -2.31. The van der Waals surface area contributed by atoms with Gasteiger partial charge in [0.1, 0.15) is 0 Å². The van der Waals surface area contributed by atoms with Gasteiger partial charge in [0.15, 0.2) is 0 Å². The highest BCUT2D eigenvalue weighted by Gasteiger charge is 2.22. The second kappa shape index (κ2) is 6.61. The molecule has 0 radical (unpaired) electrons. The van der Waals surface area contributed by atoms with Crippen molar-refractivity contribution in [1.82, 2.24) is 5.32 Å². The van der Waals surface area contributed by atoms with Crippen LogP contribution in [0.4, 0.5) is 0 Å². The molecule has 2 aliphatic rings. The smallest absolute Gasteiger partial charge is 0.0600 e. The molecule has 0 aromatic rings. The van der Waals surface area contributed by atoms with Gasteiger partial charge in [-0.1, -0.05) is 19.8 Å². The first kappa shape index (κ1) is 12.4. The Bertz CT molecular complexity index is 189. The van der Waals surface area contributed by atoms with E-state index in [2.05, 4.69) is 12.2 Å². The summed E-state index contributed by atoms with van der Waals surface area (Å²) in [6.07, 6.45) is 10.0. The minimum atomic E-state index is 0.560. The zero-order valence-corrected chi connectivity index (χ0v) is 10.7. The monoisotopic (exact) mass is 225 g/mol. The number of hydrogen-bond donors (Lipinski definition) is 1. The molecule has 3 unspecified atom stereocenters. The maximum atomic E-state index is 6.07. The van der Waals surface area contributed by atoms with Crippen LogP contribution < -0.4 is 5.32 Å². The van der Waals surface area contributed by atoms with Crippen LogP contribution >= 0.6 is 0 Å². The fraction of sp³-hybridized carbons (Fsp3) is 1.00. The van der Waals surface area contributed by atoms with Crippen molar-refractivity contribution < 1.29 is 4.74 Å². The molecule has 0 bridgehead atoms. The van der Waals surface area contributed by atoms with Crippen LogP contribution in [0.3, 0.4) is 0 Å². The van der Waals surface area contributed by atoms with Crippen molar-refractivity contribution in [3.05, 3.63) is 0 Å². The lowest BCUT2D eigenvalue weighted by molar-refractivity contribution is -0.0114. The van der Waals surface area contributed by atoms with Gasteiger partial charge in [-0.3, -0.25) is 0 Å². The summed E-state index contributed by atoms with van der Waals surface area (Å²) in [4.78, 5) is 0. The molecular weight excluding hydrogens is 198 g/mol. The van der Waals surface area contributed by atoms with Gasteiger partial charge < -0.3 is 10.1 Å². The highest BCUT2D eigenvalue weighted by Crippen LogP contribution is 2.26. The van der Waals surface area contributed by atoms with Crippen molar-refractivity contribution in [3.8, 4) is 0 Å². The Morgan fingerprint density at radius 3 is 2.75 bits per heavy atom. The molecule has 94 valence electrons. The van der Waals surface area contributed by atoms with Gasteiger partial charge in [-0.2, -0.15) is 0 Å². The Balaban J connectivity index is 1.59. The van der Waals surface area contributed by atoms with E-state index in [9.17, 15) is 0 Å². The summed E-state index contributed by atoms with van der Waals surface area (Å²) in [5.74, 6) is 1.66. The molecule has 0 aromatic carbocycles. The minimum absolute atomic E-state index is 0.560. The summed E-state index contributed by atoms with van der Waals surface area (Å²) in [5.41, 5.74) is 0. The molecule has 2 rings (SSSR count). The molecule has 1 N–H and O–H groups in total. The molecule has 1 saturated heterocycles. The number of ether oxygens (including phenoxy) is 1. The van der Waals surface area contributed by atoms with Crippen molar-refractivity contribution in [2.45, 2.75) is 58.0 Å². The van der Waals surface area contributed by atoms with Gasteiger partial charge in [-0.25, -0.2) is 0 Å². The molecule has 3 atom stereocenters. The molecule has 1 heterocycles. The van der Waals surface area contributed by atoms with Crippen molar-refractivity contribution in [2.75, 3.05) is 19.7 Å². The number of hydrogen-bond acceptors (Lipinski definition) is 2. The predicted molar refractivity (Wildman–Crippen MR) is 67.6 cm³/mol. The summed E-state index contributed by atoms with van der Waals surface area (Å²) < 4.78 is 6.07. The molecule has 16 heavy (non-hydrogen) atoms. The molecule has 2 fully saturated rings. The first-order chi connectivity index (χ1) is 7.86. The largest absolute Gasteiger partial charge is 0.378 e. The van der Waals surface area contributed by atoms with E-state index in [1.165, 1.54) is 58.0 Å².